The number of anilines is 1. The molecule has 3 aromatic rings. The summed E-state index contributed by atoms with van der Waals surface area (Å²) < 4.78 is 27.4. The van der Waals surface area contributed by atoms with Gasteiger partial charge in [0.1, 0.15) is 0 Å². The van der Waals surface area contributed by atoms with Crippen LogP contribution in [0.15, 0.2) is 96.4 Å². The number of benzene rings is 3. The minimum Gasteiger partial charge on any atom is -0.346 e. The molecule has 3 aromatic carbocycles. The summed E-state index contributed by atoms with van der Waals surface area (Å²) in [6.45, 7) is 7.74. The van der Waals surface area contributed by atoms with Crippen molar-refractivity contribution in [2.45, 2.75) is 24.8 Å². The van der Waals surface area contributed by atoms with E-state index in [1.54, 1.807) is 54.6 Å². The minimum atomic E-state index is -3.75. The van der Waals surface area contributed by atoms with Gasteiger partial charge in [0.2, 0.25) is 0 Å². The molecule has 0 radical (unpaired) electrons. The molecule has 0 aliphatic heterocycles. The van der Waals surface area contributed by atoms with Crippen LogP contribution in [-0.2, 0) is 10.0 Å². The molecule has 0 spiro atoms. The first-order chi connectivity index (χ1) is 14.8. The Morgan fingerprint density at radius 1 is 1.00 bits per heavy atom. The number of carbonyl (C=O) groups is 1. The third kappa shape index (κ3) is 5.22. The predicted molar refractivity (Wildman–Crippen MR) is 125 cm³/mol. The maximum Gasteiger partial charge on any atom is 0.264 e. The zero-order valence-corrected chi connectivity index (χ0v) is 18.5. The maximum atomic E-state index is 13.1. The van der Waals surface area contributed by atoms with Gasteiger partial charge in [-0.15, -0.1) is 6.58 Å². The second kappa shape index (κ2) is 9.62. The van der Waals surface area contributed by atoms with E-state index in [1.165, 1.54) is 10.4 Å². The lowest BCUT2D eigenvalue weighted by Gasteiger charge is -2.23. The van der Waals surface area contributed by atoms with E-state index in [1.807, 2.05) is 38.1 Å². The third-order valence-corrected chi connectivity index (χ3v) is 6.78. The zero-order chi connectivity index (χ0) is 22.4. The summed E-state index contributed by atoms with van der Waals surface area (Å²) in [5.41, 5.74) is 3.10. The highest BCUT2D eigenvalue weighted by atomic mass is 32.2. The molecule has 6 heteroatoms. The molecule has 0 aliphatic carbocycles. The number of hydrogen-bond donors (Lipinski definition) is 1. The molecule has 0 bridgehead atoms. The van der Waals surface area contributed by atoms with Gasteiger partial charge >= 0.3 is 0 Å². The van der Waals surface area contributed by atoms with Gasteiger partial charge in [0, 0.05) is 5.56 Å². The van der Waals surface area contributed by atoms with Gasteiger partial charge in [0.15, 0.2) is 0 Å². The van der Waals surface area contributed by atoms with E-state index >= 15 is 0 Å². The molecule has 31 heavy (non-hydrogen) atoms. The van der Waals surface area contributed by atoms with Crippen LogP contribution in [0.3, 0.4) is 0 Å². The van der Waals surface area contributed by atoms with Crippen LogP contribution >= 0.6 is 0 Å². The molecule has 1 atom stereocenters. The summed E-state index contributed by atoms with van der Waals surface area (Å²) in [7, 11) is -3.75. The van der Waals surface area contributed by atoms with Crippen LogP contribution in [-0.4, -0.2) is 20.9 Å². The molecule has 160 valence electrons. The zero-order valence-electron chi connectivity index (χ0n) is 17.7. The van der Waals surface area contributed by atoms with E-state index < -0.39 is 10.0 Å². The molecular weight excluding hydrogens is 408 g/mol. The molecule has 1 N–H and O–H groups in total. The number of amides is 1. The fraction of sp³-hybridized carbons (Fsp3) is 0.160. The lowest BCUT2D eigenvalue weighted by atomic mass is 10.1. The lowest BCUT2D eigenvalue weighted by molar-refractivity contribution is 0.0940. The fourth-order valence-corrected chi connectivity index (χ4v) is 4.63. The van der Waals surface area contributed by atoms with Crippen molar-refractivity contribution in [3.63, 3.8) is 0 Å². The van der Waals surface area contributed by atoms with Gasteiger partial charge in [0.25, 0.3) is 15.9 Å². The van der Waals surface area contributed by atoms with Crippen LogP contribution in [0, 0.1) is 6.92 Å². The highest BCUT2D eigenvalue weighted by Gasteiger charge is 2.24. The van der Waals surface area contributed by atoms with Crippen LogP contribution in [0.5, 0.6) is 0 Å². The molecule has 0 aromatic heterocycles. The predicted octanol–water partition coefficient (Wildman–Crippen LogP) is 4.87. The van der Waals surface area contributed by atoms with Crippen molar-refractivity contribution < 1.29 is 13.2 Å². The van der Waals surface area contributed by atoms with Crippen LogP contribution < -0.4 is 9.62 Å². The van der Waals surface area contributed by atoms with Gasteiger partial charge < -0.3 is 5.32 Å². The number of nitrogens with one attached hydrogen (secondary N) is 1. The molecule has 0 saturated heterocycles. The first-order valence-corrected chi connectivity index (χ1v) is 11.4. The Morgan fingerprint density at radius 3 is 2.19 bits per heavy atom. The Balaban J connectivity index is 1.79. The minimum absolute atomic E-state index is 0.118. The fourth-order valence-electron chi connectivity index (χ4n) is 3.18. The first kappa shape index (κ1) is 22.3. The summed E-state index contributed by atoms with van der Waals surface area (Å²) in [6.07, 6.45) is 1.53. The lowest BCUT2D eigenvalue weighted by Crippen LogP contribution is -2.31. The summed E-state index contributed by atoms with van der Waals surface area (Å²) >= 11 is 0. The second-order valence-corrected chi connectivity index (χ2v) is 9.15. The number of sulfonamides is 1. The van der Waals surface area contributed by atoms with Gasteiger partial charge in [-0.25, -0.2) is 8.42 Å². The van der Waals surface area contributed by atoms with E-state index in [9.17, 15) is 13.2 Å². The van der Waals surface area contributed by atoms with E-state index in [4.69, 9.17) is 0 Å². The van der Waals surface area contributed by atoms with E-state index in [-0.39, 0.29) is 23.4 Å². The molecule has 3 rings (SSSR count). The van der Waals surface area contributed by atoms with Crippen molar-refractivity contribution in [3.8, 4) is 0 Å². The summed E-state index contributed by atoms with van der Waals surface area (Å²) in [5, 5.41) is 2.97. The number of nitrogens with zero attached hydrogens (tertiary/aromatic N) is 1. The van der Waals surface area contributed by atoms with Crippen molar-refractivity contribution in [3.05, 3.63) is 108 Å². The van der Waals surface area contributed by atoms with E-state index in [0.717, 1.165) is 11.1 Å². The van der Waals surface area contributed by atoms with Crippen molar-refractivity contribution in [2.24, 2.45) is 0 Å². The molecule has 0 fully saturated rings. The average molecular weight is 435 g/mol. The molecule has 0 unspecified atom stereocenters. The van der Waals surface area contributed by atoms with Gasteiger partial charge in [-0.1, -0.05) is 54.1 Å². The average Bonchev–Trinajstić information content (AvgIpc) is 2.78. The highest BCUT2D eigenvalue weighted by Crippen LogP contribution is 2.24. The SMILES string of the molecule is C=CCN(c1ccc(C(=O)N[C@H](C)c2ccc(C)cc2)cc1)S(=O)(=O)c1ccccc1. The second-order valence-electron chi connectivity index (χ2n) is 7.29. The molecular formula is C25H26N2O3S. The van der Waals surface area contributed by atoms with E-state index in [0.29, 0.717) is 11.3 Å². The number of carbonyl (C=O) groups excluding carboxylic acids is 1. The Morgan fingerprint density at radius 2 is 1.61 bits per heavy atom. The maximum absolute atomic E-state index is 13.1. The molecule has 1 amide bonds. The molecule has 0 saturated carbocycles. The Bertz CT molecular complexity index is 1140. The van der Waals surface area contributed by atoms with Crippen molar-refractivity contribution >= 4 is 21.6 Å². The summed E-state index contributed by atoms with van der Waals surface area (Å²) in [6, 6.07) is 22.6. The number of aryl methyl sites for hydroxylation is 1. The van der Waals surface area contributed by atoms with Crippen molar-refractivity contribution in [2.75, 3.05) is 10.8 Å². The third-order valence-electron chi connectivity index (χ3n) is 4.97. The standard InChI is InChI=1S/C25H26N2O3S/c1-4-18-27(31(29,30)24-8-6-5-7-9-24)23-16-14-22(15-17-23)25(28)26-20(3)21-12-10-19(2)11-13-21/h4-17,20H,1,18H2,2-3H3,(H,26,28)/t20-/m1/s1. The number of rotatable bonds is 8. The Labute approximate surface area is 184 Å². The topological polar surface area (TPSA) is 66.5 Å². The van der Waals surface area contributed by atoms with Crippen LogP contribution in [0.1, 0.15) is 34.5 Å². The van der Waals surface area contributed by atoms with Gasteiger partial charge in [-0.2, -0.15) is 0 Å². The van der Waals surface area contributed by atoms with E-state index in [2.05, 4.69) is 11.9 Å². The summed E-state index contributed by atoms with van der Waals surface area (Å²) in [4.78, 5) is 12.9. The van der Waals surface area contributed by atoms with Gasteiger partial charge in [-0.05, 0) is 55.8 Å². The van der Waals surface area contributed by atoms with Crippen LogP contribution in [0.2, 0.25) is 0 Å². The molecule has 5 nitrogen and oxygen atoms in total. The first-order valence-electron chi connectivity index (χ1n) is 9.99. The van der Waals surface area contributed by atoms with Gasteiger partial charge in [-0.3, -0.25) is 9.10 Å². The van der Waals surface area contributed by atoms with Crippen molar-refractivity contribution in [1.29, 1.82) is 0 Å². The Kier molecular flexibility index (Phi) is 6.92. The summed E-state index contributed by atoms with van der Waals surface area (Å²) in [5.74, 6) is -0.221. The molecule has 0 aliphatic rings. The van der Waals surface area contributed by atoms with Gasteiger partial charge in [0.05, 0.1) is 23.2 Å². The largest absolute Gasteiger partial charge is 0.346 e. The monoisotopic (exact) mass is 434 g/mol. The van der Waals surface area contributed by atoms with Crippen LogP contribution in [0.25, 0.3) is 0 Å². The highest BCUT2D eigenvalue weighted by molar-refractivity contribution is 7.92. The van der Waals surface area contributed by atoms with Crippen LogP contribution in [0.4, 0.5) is 5.69 Å². The smallest absolute Gasteiger partial charge is 0.264 e. The van der Waals surface area contributed by atoms with Crippen molar-refractivity contribution in [1.82, 2.24) is 5.32 Å². The quantitative estimate of drug-likeness (QED) is 0.515. The Hall–Kier alpha value is -3.38. The number of hydrogen-bond acceptors (Lipinski definition) is 3. The normalized spacial score (nSPS) is 12.1. The molecule has 0 heterocycles.